The van der Waals surface area contributed by atoms with E-state index in [1.54, 1.807) is 0 Å². The van der Waals surface area contributed by atoms with E-state index in [1.165, 1.54) is 105 Å². The maximum absolute atomic E-state index is 8.03. The minimum absolute atomic E-state index is 0.200. The quantitative estimate of drug-likeness (QED) is 0.134. The van der Waals surface area contributed by atoms with E-state index in [9.17, 15) is 0 Å². The Morgan fingerprint density at radius 2 is 0.583 bits per heavy atom. The Bertz CT molecular complexity index is 7200. The number of benzene rings is 16. The van der Waals surface area contributed by atoms with Gasteiger partial charge in [0.05, 0.1) is 0 Å². The maximum atomic E-state index is 8.03. The molecule has 0 radical (unpaired) electrons. The number of para-hydroxylation sites is 5. The van der Waals surface area contributed by atoms with Crippen LogP contribution in [-0.4, -0.2) is 71.4 Å². The molecule has 0 bridgehead atoms. The minimum atomic E-state index is -0.215. The Labute approximate surface area is 647 Å². The molecule has 4 aliphatic heterocycles. The van der Waals surface area contributed by atoms with Crippen LogP contribution in [0.5, 0.6) is 11.5 Å². The average molecular weight is 1630 g/mol. The summed E-state index contributed by atoms with van der Waals surface area (Å²) in [5.74, 6) is 1.68. The van der Waals surface area contributed by atoms with Crippen LogP contribution < -0.4 is 62.0 Å². The van der Waals surface area contributed by atoms with Crippen LogP contribution in [0.15, 0.2) is 346 Å². The van der Waals surface area contributed by atoms with Crippen LogP contribution in [0.1, 0.15) is 0 Å². The predicted octanol–water partition coefficient (Wildman–Crippen LogP) is 20.6. The van der Waals surface area contributed by atoms with E-state index < -0.39 is 0 Å². The van der Waals surface area contributed by atoms with Crippen LogP contribution in [0, 0.1) is 0 Å². The first-order valence-corrected chi connectivity index (χ1v) is 43.6. The summed E-state index contributed by atoms with van der Waals surface area (Å²) >= 11 is 0.857. The second-order valence-electron chi connectivity index (χ2n) is 28.6. The molecule has 0 fully saturated rings. The van der Waals surface area contributed by atoms with Crippen molar-refractivity contribution in [1.82, 2.24) is 0 Å². The second-order valence-corrected chi connectivity index (χ2v) is 37.7. The molecule has 108 heavy (non-hydrogen) atoms. The molecule has 0 amide bonds. The molecule has 0 saturated carbocycles. The Kier molecular flexibility index (Phi) is 13.7. The van der Waals surface area contributed by atoms with Gasteiger partial charge in [0.1, 0.15) is 0 Å². The van der Waals surface area contributed by atoms with Gasteiger partial charge in [0.2, 0.25) is 0 Å². The number of hydrogen-bond acceptors (Lipinski definition) is 6. The topological polar surface area (TPSA) is 25.4 Å². The standard InChI is InChI=1S/C96H57B2N5OSe4/c1-4-22-58(23-5-1)99(61-40-44-91-71(48-61)67-28-10-18-36-87(67)105-91)65-52-82-95-83(53-65)102(63-42-46-93-73(50-63)69-30-12-20-38-89(69)107-93)79-34-16-14-32-75(79)97(95)77-56-78-85(57-81(77)101(82)60-26-8-3-9-27-60)104-86-55-66(100(59-24-6-2-7-25-59)62-41-45-92-72(49-62)68-29-11-19-37-88(68)106-92)54-84-96(86)98(78)76-33-15-17-35-80(76)103(84)64-43-47-94-74(51-64)70-31-13-21-39-90(70)108-94/h1-57H. The van der Waals surface area contributed by atoms with Gasteiger partial charge >= 0.3 is 647 Å². The first kappa shape index (κ1) is 61.7. The van der Waals surface area contributed by atoms with Crippen LogP contribution >= 0.6 is 0 Å². The van der Waals surface area contributed by atoms with Gasteiger partial charge in [-0.2, -0.15) is 0 Å². The molecule has 0 saturated heterocycles. The molecule has 16 aromatic carbocycles. The molecular formula is C96H57B2N5OSe4. The van der Waals surface area contributed by atoms with E-state index >= 15 is 0 Å². The van der Waals surface area contributed by atoms with Gasteiger partial charge in [-0.05, 0) is 0 Å². The predicted molar refractivity (Wildman–Crippen MR) is 463 cm³/mol. The molecule has 0 N–H and O–H groups in total. The summed E-state index contributed by atoms with van der Waals surface area (Å²) in [7, 11) is 0. The number of rotatable bonds is 9. The van der Waals surface area contributed by atoms with Gasteiger partial charge in [0.15, 0.2) is 0 Å². The van der Waals surface area contributed by atoms with Crippen molar-refractivity contribution < 1.29 is 4.74 Å². The molecule has 20 aromatic rings. The van der Waals surface area contributed by atoms with Crippen LogP contribution in [0.4, 0.5) is 85.3 Å². The van der Waals surface area contributed by atoms with Crippen molar-refractivity contribution in [3.63, 3.8) is 0 Å². The average Bonchev–Trinajstić information content (AvgIpc) is 0.787. The zero-order valence-electron chi connectivity index (χ0n) is 57.8. The summed E-state index contributed by atoms with van der Waals surface area (Å²) < 4.78 is 19.4. The van der Waals surface area contributed by atoms with Gasteiger partial charge < -0.3 is 0 Å². The normalized spacial score (nSPS) is 13.2. The molecule has 4 aliphatic rings. The molecular weight excluding hydrogens is 1580 g/mol. The van der Waals surface area contributed by atoms with Crippen LogP contribution in [0.3, 0.4) is 0 Å². The van der Waals surface area contributed by atoms with Gasteiger partial charge in [0.25, 0.3) is 0 Å². The second kappa shape index (κ2) is 24.0. The van der Waals surface area contributed by atoms with Crippen molar-refractivity contribution in [2.45, 2.75) is 0 Å². The summed E-state index contributed by atoms with van der Waals surface area (Å²) in [6.45, 7) is -0.416. The van der Waals surface area contributed by atoms with Crippen LogP contribution in [0.25, 0.3) is 77.2 Å². The van der Waals surface area contributed by atoms with Crippen LogP contribution in [-0.2, 0) is 0 Å². The molecule has 12 heteroatoms. The van der Waals surface area contributed by atoms with E-state index in [1.807, 2.05) is 0 Å². The van der Waals surface area contributed by atoms with Crippen molar-refractivity contribution in [2.75, 3.05) is 24.5 Å². The molecule has 8 heterocycles. The van der Waals surface area contributed by atoms with E-state index in [2.05, 4.69) is 370 Å². The van der Waals surface area contributed by atoms with Gasteiger partial charge in [-0.15, -0.1) is 0 Å². The first-order chi connectivity index (χ1) is 53.5. The third kappa shape index (κ3) is 9.28. The van der Waals surface area contributed by atoms with Crippen molar-refractivity contribution >= 4 is 267 Å². The molecule has 502 valence electrons. The van der Waals surface area contributed by atoms with Gasteiger partial charge in [-0.25, -0.2) is 0 Å². The summed E-state index contributed by atoms with van der Waals surface area (Å²) in [6.07, 6.45) is 0. The van der Waals surface area contributed by atoms with Crippen molar-refractivity contribution in [3.05, 3.63) is 346 Å². The van der Waals surface area contributed by atoms with E-state index in [0.717, 1.165) is 102 Å². The summed E-state index contributed by atoms with van der Waals surface area (Å²) in [6, 6.07) is 132. The number of hydrogen-bond donors (Lipinski definition) is 0. The fourth-order valence-electron chi connectivity index (χ4n) is 18.2. The summed E-state index contributed by atoms with van der Waals surface area (Å²) in [5.41, 5.74) is 23.8. The molecule has 24 rings (SSSR count). The van der Waals surface area contributed by atoms with Crippen molar-refractivity contribution in [2.24, 2.45) is 0 Å². The van der Waals surface area contributed by atoms with Crippen molar-refractivity contribution in [1.29, 1.82) is 0 Å². The van der Waals surface area contributed by atoms with E-state index in [4.69, 9.17) is 4.74 Å². The summed E-state index contributed by atoms with van der Waals surface area (Å²) in [5, 5.41) is 10.6. The fraction of sp³-hybridized carbons (Fsp3) is 0. The SMILES string of the molecule is c1ccc(N(c2cc3c4c(c2)N(c2ccc5[se]c6ccccc6c5c2)c2ccccc2B4c2cc4c(cc2O3)N(c2ccccc2)c2cc(N(c3ccccc3)c3ccc5[se]c6ccccc6c5c3)cc3c2B4c2ccccc2N3c2ccc3[se]c4ccccc4c3c2)c2ccc3[se]c4ccccc4c3c2)cc1. The number of ether oxygens (including phenoxy) is 1. The molecule has 0 unspecified atom stereocenters. The zero-order chi connectivity index (χ0) is 70.4. The van der Waals surface area contributed by atoms with E-state index in [0.29, 0.717) is 0 Å². The number of anilines is 15. The fourth-order valence-corrected chi connectivity index (χ4v) is 27.4. The Hall–Kier alpha value is -11.5. The zero-order valence-corrected chi connectivity index (χ0v) is 64.7. The molecule has 4 aromatic heterocycles. The van der Waals surface area contributed by atoms with E-state index in [-0.39, 0.29) is 71.4 Å². The molecule has 0 atom stereocenters. The Morgan fingerprint density at radius 3 is 1.06 bits per heavy atom. The van der Waals surface area contributed by atoms with Crippen LogP contribution in [0.2, 0.25) is 0 Å². The molecule has 0 aliphatic carbocycles. The van der Waals surface area contributed by atoms with Gasteiger partial charge in [0, 0.05) is 0 Å². The van der Waals surface area contributed by atoms with Gasteiger partial charge in [-0.1, -0.05) is 6.07 Å². The third-order valence-electron chi connectivity index (χ3n) is 22.8. The first-order valence-electron chi connectivity index (χ1n) is 36.7. The summed E-state index contributed by atoms with van der Waals surface area (Å²) in [4.78, 5) is 12.7. The Morgan fingerprint density at radius 1 is 0.213 bits per heavy atom. The van der Waals surface area contributed by atoms with Gasteiger partial charge in [-0.3, -0.25) is 0 Å². The third-order valence-corrected chi connectivity index (χ3v) is 32.4. The molecule has 6 nitrogen and oxygen atoms in total. The monoisotopic (exact) mass is 1640 g/mol. The van der Waals surface area contributed by atoms with Crippen molar-refractivity contribution in [3.8, 4) is 11.5 Å². The Balaban J connectivity index is 0.771. The number of fused-ring (bicyclic) bond motifs is 20. The molecule has 0 spiro atoms. The number of nitrogens with zero attached hydrogens (tertiary/aromatic N) is 5.